The number of aromatic nitrogens is 1. The Morgan fingerprint density at radius 1 is 1.32 bits per heavy atom. The predicted molar refractivity (Wildman–Crippen MR) is 102 cm³/mol. The van der Waals surface area contributed by atoms with Crippen molar-refractivity contribution in [2.24, 2.45) is 0 Å². The lowest BCUT2D eigenvalue weighted by Crippen LogP contribution is -2.70. The van der Waals surface area contributed by atoms with Gasteiger partial charge >= 0.3 is 12.2 Å². The molecule has 0 saturated carbocycles. The Balaban J connectivity index is 1.58. The second-order valence-corrected chi connectivity index (χ2v) is 7.68. The first kappa shape index (κ1) is 20.9. The minimum Gasteiger partial charge on any atom is -0.369 e. The highest BCUT2D eigenvalue weighted by molar-refractivity contribution is 5.94. The second kappa shape index (κ2) is 7.43. The van der Waals surface area contributed by atoms with E-state index in [-0.39, 0.29) is 17.6 Å². The normalized spacial score (nSPS) is 24.6. The molecule has 1 aromatic heterocycles. The van der Waals surface area contributed by atoms with Gasteiger partial charge in [-0.1, -0.05) is 0 Å². The van der Waals surface area contributed by atoms with Crippen LogP contribution in [-0.2, 0) is 4.79 Å². The van der Waals surface area contributed by atoms with Crippen LogP contribution >= 0.6 is 0 Å². The molecule has 12 heteroatoms. The molecule has 2 bridgehead atoms. The molecule has 4 heterocycles. The van der Waals surface area contributed by atoms with E-state index in [2.05, 4.69) is 20.5 Å². The van der Waals surface area contributed by atoms with Crippen LogP contribution in [0.1, 0.15) is 13.3 Å². The quantitative estimate of drug-likeness (QED) is 0.625. The van der Waals surface area contributed by atoms with Gasteiger partial charge < -0.3 is 15.5 Å². The van der Waals surface area contributed by atoms with Crippen LogP contribution in [0.4, 0.5) is 28.2 Å². The minimum absolute atomic E-state index is 0.0873. The van der Waals surface area contributed by atoms with Gasteiger partial charge in [0.2, 0.25) is 0 Å². The number of piperazine rings is 1. The molecule has 2 unspecified atom stereocenters. The third kappa shape index (κ3) is 4.01. The van der Waals surface area contributed by atoms with Crippen molar-refractivity contribution in [1.82, 2.24) is 25.4 Å². The Morgan fingerprint density at radius 2 is 2.10 bits per heavy atom. The fraction of sp³-hybridized carbons (Fsp3) is 0.421. The zero-order valence-corrected chi connectivity index (χ0v) is 16.5. The molecule has 31 heavy (non-hydrogen) atoms. The van der Waals surface area contributed by atoms with Crippen molar-refractivity contribution in [1.29, 1.82) is 0 Å². The molecule has 166 valence electrons. The number of anilines is 1. The number of nitrogens with zero attached hydrogens (tertiary/aromatic N) is 3. The number of halogens is 4. The number of urea groups is 1. The molecule has 2 saturated heterocycles. The van der Waals surface area contributed by atoms with Gasteiger partial charge in [-0.3, -0.25) is 15.0 Å². The van der Waals surface area contributed by atoms with Crippen LogP contribution in [0.2, 0.25) is 0 Å². The van der Waals surface area contributed by atoms with Crippen LogP contribution in [0.3, 0.4) is 0 Å². The van der Waals surface area contributed by atoms with Crippen molar-refractivity contribution >= 4 is 17.8 Å². The van der Waals surface area contributed by atoms with E-state index in [9.17, 15) is 27.2 Å². The van der Waals surface area contributed by atoms with Crippen LogP contribution in [0.25, 0.3) is 0 Å². The summed E-state index contributed by atoms with van der Waals surface area (Å²) in [6.45, 7) is 1.49. The van der Waals surface area contributed by atoms with Crippen molar-refractivity contribution in [2.75, 3.05) is 25.0 Å². The fourth-order valence-corrected chi connectivity index (χ4v) is 4.22. The first-order valence-corrected chi connectivity index (χ1v) is 9.59. The molecular formula is C19H20F4N6O2. The molecule has 3 aliphatic rings. The van der Waals surface area contributed by atoms with Gasteiger partial charge in [0.15, 0.2) is 5.66 Å². The second-order valence-electron chi connectivity index (χ2n) is 7.68. The Kier molecular flexibility index (Phi) is 5.02. The Hall–Kier alpha value is -3.31. The maximum Gasteiger partial charge on any atom is 0.405 e. The number of amides is 3. The van der Waals surface area contributed by atoms with Crippen LogP contribution in [0.5, 0.6) is 0 Å². The minimum atomic E-state index is -4.54. The molecule has 2 fully saturated rings. The molecule has 0 aliphatic carbocycles. The number of rotatable bonds is 3. The summed E-state index contributed by atoms with van der Waals surface area (Å²) in [5, 5.41) is 7.40. The Labute approximate surface area is 175 Å². The monoisotopic (exact) mass is 440 g/mol. The number of pyridine rings is 1. The Morgan fingerprint density at radius 3 is 2.77 bits per heavy atom. The SMILES string of the molecule is CC12NC(C(=O)NCC(F)(F)F)=CC=C1N1CCC(C1)N2C(=O)Nc1ccc(F)cn1. The average Bonchev–Trinajstić information content (AvgIpc) is 3.11. The highest BCUT2D eigenvalue weighted by Crippen LogP contribution is 2.40. The third-order valence-electron chi connectivity index (χ3n) is 5.51. The van der Waals surface area contributed by atoms with E-state index in [0.717, 1.165) is 18.0 Å². The summed E-state index contributed by atoms with van der Waals surface area (Å²) < 4.78 is 50.5. The zero-order valence-electron chi connectivity index (χ0n) is 16.5. The molecule has 3 aliphatic heterocycles. The molecule has 0 radical (unpaired) electrons. The summed E-state index contributed by atoms with van der Waals surface area (Å²) in [7, 11) is 0. The number of carbonyl (C=O) groups excluding carboxylic acids is 2. The number of nitrogens with one attached hydrogen (secondary N) is 3. The first-order valence-electron chi connectivity index (χ1n) is 9.59. The van der Waals surface area contributed by atoms with Crippen molar-refractivity contribution in [3.63, 3.8) is 0 Å². The highest BCUT2D eigenvalue weighted by atomic mass is 19.4. The maximum atomic E-state index is 13.2. The van der Waals surface area contributed by atoms with Gasteiger partial charge in [0.05, 0.1) is 17.9 Å². The summed E-state index contributed by atoms with van der Waals surface area (Å²) in [5.74, 6) is -1.33. The number of hydrogen-bond acceptors (Lipinski definition) is 5. The molecular weight excluding hydrogens is 420 g/mol. The average molecular weight is 440 g/mol. The number of dihydropyridines is 1. The summed E-state index contributed by atoms with van der Waals surface area (Å²) in [6, 6.07) is 1.76. The molecule has 0 aromatic carbocycles. The van der Waals surface area contributed by atoms with Gasteiger partial charge in [0, 0.05) is 13.1 Å². The topological polar surface area (TPSA) is 89.6 Å². The van der Waals surface area contributed by atoms with Crippen molar-refractivity contribution in [2.45, 2.75) is 31.2 Å². The number of fused-ring (bicyclic) bond motifs is 4. The van der Waals surface area contributed by atoms with Gasteiger partial charge in [0.1, 0.15) is 23.9 Å². The van der Waals surface area contributed by atoms with Crippen LogP contribution < -0.4 is 16.0 Å². The molecule has 3 N–H and O–H groups in total. The van der Waals surface area contributed by atoms with E-state index in [1.165, 1.54) is 17.0 Å². The van der Waals surface area contributed by atoms with Gasteiger partial charge in [-0.15, -0.1) is 0 Å². The Bertz CT molecular complexity index is 961. The van der Waals surface area contributed by atoms with Crippen LogP contribution in [-0.4, -0.2) is 64.2 Å². The first-order chi connectivity index (χ1) is 14.6. The molecule has 8 nitrogen and oxygen atoms in total. The van der Waals surface area contributed by atoms with Crippen molar-refractivity contribution < 1.29 is 27.2 Å². The van der Waals surface area contributed by atoms with E-state index in [1.807, 2.05) is 5.32 Å². The summed E-state index contributed by atoms with van der Waals surface area (Å²) in [5.41, 5.74) is -0.546. The summed E-state index contributed by atoms with van der Waals surface area (Å²) in [4.78, 5) is 32.9. The van der Waals surface area contributed by atoms with Gasteiger partial charge in [-0.25, -0.2) is 14.2 Å². The van der Waals surface area contributed by atoms with Gasteiger partial charge in [0.25, 0.3) is 5.91 Å². The molecule has 0 spiro atoms. The largest absolute Gasteiger partial charge is 0.405 e. The van der Waals surface area contributed by atoms with E-state index >= 15 is 0 Å². The molecule has 3 amide bonds. The molecule has 1 aromatic rings. The van der Waals surface area contributed by atoms with Gasteiger partial charge in [-0.2, -0.15) is 13.2 Å². The smallest absolute Gasteiger partial charge is 0.369 e. The van der Waals surface area contributed by atoms with E-state index < -0.39 is 36.1 Å². The lowest BCUT2D eigenvalue weighted by Gasteiger charge is -2.52. The van der Waals surface area contributed by atoms with E-state index in [0.29, 0.717) is 19.5 Å². The maximum absolute atomic E-state index is 13.2. The van der Waals surface area contributed by atoms with E-state index in [4.69, 9.17) is 0 Å². The highest BCUT2D eigenvalue weighted by Gasteiger charge is 2.53. The molecule has 2 atom stereocenters. The summed E-state index contributed by atoms with van der Waals surface area (Å²) in [6.07, 6.45) is 0.144. The number of allylic oxidation sites excluding steroid dienone is 2. The standard InChI is InChI=1S/C19H20F4N6O2/c1-18-14(4-3-13(27-18)16(30)25-10-19(21,22)23)28-7-6-12(9-28)29(18)17(31)26-15-5-2-11(20)8-24-15/h2-5,8,12,27H,6-7,9-10H2,1H3,(H,25,30)(H,24,26,31). The lowest BCUT2D eigenvalue weighted by molar-refractivity contribution is -0.136. The van der Waals surface area contributed by atoms with Crippen LogP contribution in [0, 0.1) is 5.82 Å². The zero-order chi connectivity index (χ0) is 22.4. The van der Waals surface area contributed by atoms with Gasteiger partial charge in [-0.05, 0) is 37.6 Å². The van der Waals surface area contributed by atoms with E-state index in [1.54, 1.807) is 13.0 Å². The summed E-state index contributed by atoms with van der Waals surface area (Å²) >= 11 is 0. The predicted octanol–water partition coefficient (Wildman–Crippen LogP) is 1.91. The fourth-order valence-electron chi connectivity index (χ4n) is 4.22. The lowest BCUT2D eigenvalue weighted by atomic mass is 9.95. The van der Waals surface area contributed by atoms with Crippen molar-refractivity contribution in [3.8, 4) is 0 Å². The van der Waals surface area contributed by atoms with Crippen LogP contribution in [0.15, 0.2) is 41.9 Å². The number of alkyl halides is 3. The third-order valence-corrected chi connectivity index (χ3v) is 5.51. The van der Waals surface area contributed by atoms with Crippen molar-refractivity contribution in [3.05, 3.63) is 47.7 Å². The molecule has 4 rings (SSSR count). The number of carbonyl (C=O) groups is 2. The number of hydrogen-bond donors (Lipinski definition) is 3.